The van der Waals surface area contributed by atoms with E-state index in [1.165, 1.54) is 0 Å². The fraction of sp³-hybridized carbons (Fsp3) is 0.750. The second-order valence-electron chi connectivity index (χ2n) is 6.76. The van der Waals surface area contributed by atoms with Crippen molar-refractivity contribution >= 4 is 5.91 Å². The quantitative estimate of drug-likeness (QED) is 0.897. The van der Waals surface area contributed by atoms with Crippen LogP contribution in [0.15, 0.2) is 0 Å². The highest BCUT2D eigenvalue weighted by Gasteiger charge is 2.38. The number of aromatic nitrogens is 2. The first-order chi connectivity index (χ1) is 10.5. The molecule has 0 unspecified atom stereocenters. The summed E-state index contributed by atoms with van der Waals surface area (Å²) in [6, 6.07) is 0.307. The fourth-order valence-corrected chi connectivity index (χ4v) is 3.52. The summed E-state index contributed by atoms with van der Waals surface area (Å²) in [5.41, 5.74) is 2.50. The van der Waals surface area contributed by atoms with Gasteiger partial charge >= 0.3 is 0 Å². The van der Waals surface area contributed by atoms with Gasteiger partial charge in [-0.05, 0) is 26.3 Å². The van der Waals surface area contributed by atoms with Gasteiger partial charge < -0.3 is 9.64 Å². The number of likely N-dealkylation sites (tertiary alicyclic amines) is 1. The number of likely N-dealkylation sites (N-methyl/N-ethyl adjacent to an activating group) is 1. The summed E-state index contributed by atoms with van der Waals surface area (Å²) in [6.45, 7) is 9.30. The number of hydrogen-bond acceptors (Lipinski definition) is 4. The number of carbonyl (C=O) groups excluding carboxylic acids is 1. The molecule has 1 N–H and O–H groups in total. The molecule has 0 aromatic carbocycles. The lowest BCUT2D eigenvalue weighted by Crippen LogP contribution is -2.59. The first-order valence-corrected chi connectivity index (χ1v) is 8.15. The van der Waals surface area contributed by atoms with Gasteiger partial charge in [-0.25, -0.2) is 0 Å². The number of nitrogens with zero attached hydrogens (tertiary/aromatic N) is 3. The molecule has 22 heavy (non-hydrogen) atoms. The van der Waals surface area contributed by atoms with E-state index in [2.05, 4.69) is 36.0 Å². The number of carbonyl (C=O) groups is 1. The monoisotopic (exact) mass is 306 g/mol. The third kappa shape index (κ3) is 2.65. The molecule has 3 heterocycles. The van der Waals surface area contributed by atoms with Crippen molar-refractivity contribution in [2.75, 3.05) is 33.3 Å². The molecule has 1 aromatic rings. The van der Waals surface area contributed by atoms with Gasteiger partial charge in [-0.2, -0.15) is 5.10 Å². The molecule has 2 aliphatic heterocycles. The number of nitrogens with one attached hydrogen (secondary N) is 1. The summed E-state index contributed by atoms with van der Waals surface area (Å²) < 4.78 is 5.86. The number of H-pyrrole nitrogens is 1. The Labute approximate surface area is 131 Å². The average Bonchev–Trinajstić information content (AvgIpc) is 2.88. The topological polar surface area (TPSA) is 61.5 Å². The van der Waals surface area contributed by atoms with Crippen LogP contribution in [0.5, 0.6) is 0 Å². The van der Waals surface area contributed by atoms with Crippen molar-refractivity contribution in [3.05, 3.63) is 17.0 Å². The van der Waals surface area contributed by atoms with Crippen molar-refractivity contribution in [3.63, 3.8) is 0 Å². The van der Waals surface area contributed by atoms with Gasteiger partial charge in [0.1, 0.15) is 0 Å². The molecule has 2 saturated heterocycles. The first kappa shape index (κ1) is 15.5. The Balaban J connectivity index is 1.80. The molecule has 2 aliphatic rings. The van der Waals surface area contributed by atoms with E-state index in [4.69, 9.17) is 4.74 Å². The van der Waals surface area contributed by atoms with Crippen LogP contribution >= 0.6 is 0 Å². The molecule has 0 bridgehead atoms. The molecule has 2 atom stereocenters. The van der Waals surface area contributed by atoms with E-state index >= 15 is 0 Å². The summed E-state index contributed by atoms with van der Waals surface area (Å²) in [5, 5.41) is 7.29. The molecule has 0 spiro atoms. The average molecular weight is 306 g/mol. The van der Waals surface area contributed by atoms with E-state index < -0.39 is 0 Å². The van der Waals surface area contributed by atoms with Gasteiger partial charge in [0.05, 0.1) is 30.0 Å². The Morgan fingerprint density at radius 1 is 1.41 bits per heavy atom. The van der Waals surface area contributed by atoms with Crippen LogP contribution in [-0.2, 0) is 4.74 Å². The number of amides is 1. The fourth-order valence-electron chi connectivity index (χ4n) is 3.52. The zero-order chi connectivity index (χ0) is 15.9. The lowest BCUT2D eigenvalue weighted by Gasteiger charge is -2.45. The normalized spacial score (nSPS) is 26.3. The second kappa shape index (κ2) is 6.01. The highest BCUT2D eigenvalue weighted by molar-refractivity contribution is 5.96. The number of fused-ring (bicyclic) bond motifs is 1. The largest absolute Gasteiger partial charge is 0.375 e. The standard InChI is InChI=1S/C16H26N4O2/c1-10(2)15-14(11(3)17-18-15)16(21)20-6-5-13-12(9-20)19(4)7-8-22-13/h10,12-13H,5-9H2,1-4H3,(H,17,18)/t12-,13-/m1/s1. The van der Waals surface area contributed by atoms with Crippen LogP contribution in [0.25, 0.3) is 0 Å². The van der Waals surface area contributed by atoms with E-state index in [-0.39, 0.29) is 17.9 Å². The summed E-state index contributed by atoms with van der Waals surface area (Å²) in [6.07, 6.45) is 1.17. The number of hydrogen-bond donors (Lipinski definition) is 1. The van der Waals surface area contributed by atoms with Gasteiger partial charge in [0.25, 0.3) is 5.91 Å². The molecular formula is C16H26N4O2. The Hall–Kier alpha value is -1.40. The molecule has 0 radical (unpaired) electrons. The number of morpholine rings is 1. The molecule has 2 fully saturated rings. The molecule has 3 rings (SSSR count). The number of piperidine rings is 1. The Bertz CT molecular complexity index is 554. The molecular weight excluding hydrogens is 280 g/mol. The van der Waals surface area contributed by atoms with Crippen LogP contribution in [0.1, 0.15) is 47.9 Å². The van der Waals surface area contributed by atoms with Crippen molar-refractivity contribution in [3.8, 4) is 0 Å². The van der Waals surface area contributed by atoms with E-state index in [1.807, 2.05) is 11.8 Å². The van der Waals surface area contributed by atoms with Crippen molar-refractivity contribution in [2.24, 2.45) is 0 Å². The summed E-state index contributed by atoms with van der Waals surface area (Å²) in [7, 11) is 2.12. The number of aryl methyl sites for hydroxylation is 1. The van der Waals surface area contributed by atoms with E-state index in [9.17, 15) is 4.79 Å². The molecule has 6 nitrogen and oxygen atoms in total. The van der Waals surface area contributed by atoms with Crippen molar-refractivity contribution in [1.29, 1.82) is 0 Å². The maximum absolute atomic E-state index is 13.0. The minimum absolute atomic E-state index is 0.104. The molecule has 6 heteroatoms. The van der Waals surface area contributed by atoms with E-state index in [0.717, 1.165) is 49.6 Å². The predicted octanol–water partition coefficient (Wildman–Crippen LogP) is 1.39. The Kier molecular flexibility index (Phi) is 4.23. The van der Waals surface area contributed by atoms with Gasteiger partial charge in [0.15, 0.2) is 0 Å². The molecule has 1 amide bonds. The Morgan fingerprint density at radius 3 is 2.91 bits per heavy atom. The second-order valence-corrected chi connectivity index (χ2v) is 6.76. The lowest BCUT2D eigenvalue weighted by molar-refractivity contribution is -0.0893. The van der Waals surface area contributed by atoms with Crippen molar-refractivity contribution < 1.29 is 9.53 Å². The van der Waals surface area contributed by atoms with Gasteiger partial charge in [0, 0.05) is 25.3 Å². The zero-order valence-corrected chi connectivity index (χ0v) is 13.9. The SMILES string of the molecule is Cc1[nH]nc(C(C)C)c1C(=O)N1CC[C@H]2OCCN(C)[C@@H]2C1. The van der Waals surface area contributed by atoms with Crippen molar-refractivity contribution in [1.82, 2.24) is 20.0 Å². The highest BCUT2D eigenvalue weighted by atomic mass is 16.5. The van der Waals surface area contributed by atoms with Crippen LogP contribution < -0.4 is 0 Å². The molecule has 0 saturated carbocycles. The van der Waals surface area contributed by atoms with Crippen LogP contribution in [0.3, 0.4) is 0 Å². The van der Waals surface area contributed by atoms with Gasteiger partial charge in [-0.1, -0.05) is 13.8 Å². The minimum Gasteiger partial charge on any atom is -0.375 e. The van der Waals surface area contributed by atoms with Crippen molar-refractivity contribution in [2.45, 2.75) is 45.3 Å². The Morgan fingerprint density at radius 2 is 2.18 bits per heavy atom. The lowest BCUT2D eigenvalue weighted by atomic mass is 9.97. The van der Waals surface area contributed by atoms with Crippen LogP contribution in [0, 0.1) is 6.92 Å². The van der Waals surface area contributed by atoms with Crippen LogP contribution in [0.2, 0.25) is 0 Å². The maximum atomic E-state index is 13.0. The number of rotatable bonds is 2. The maximum Gasteiger partial charge on any atom is 0.257 e. The third-order valence-corrected chi connectivity index (χ3v) is 4.89. The number of ether oxygens (including phenoxy) is 1. The molecule has 0 aliphatic carbocycles. The van der Waals surface area contributed by atoms with Crippen LogP contribution in [-0.4, -0.2) is 71.3 Å². The zero-order valence-electron chi connectivity index (χ0n) is 13.9. The summed E-state index contributed by atoms with van der Waals surface area (Å²) in [5.74, 6) is 0.342. The number of aromatic amines is 1. The smallest absolute Gasteiger partial charge is 0.257 e. The highest BCUT2D eigenvalue weighted by Crippen LogP contribution is 2.26. The van der Waals surface area contributed by atoms with Crippen LogP contribution in [0.4, 0.5) is 0 Å². The molecule has 122 valence electrons. The van der Waals surface area contributed by atoms with E-state index in [1.54, 1.807) is 0 Å². The van der Waals surface area contributed by atoms with E-state index in [0.29, 0.717) is 6.04 Å². The summed E-state index contributed by atoms with van der Waals surface area (Å²) >= 11 is 0. The summed E-state index contributed by atoms with van der Waals surface area (Å²) in [4.78, 5) is 17.3. The minimum atomic E-state index is 0.104. The van der Waals surface area contributed by atoms with Gasteiger partial charge in [-0.3, -0.25) is 14.8 Å². The van der Waals surface area contributed by atoms with Gasteiger partial charge in [-0.15, -0.1) is 0 Å². The predicted molar refractivity (Wildman–Crippen MR) is 84.1 cm³/mol. The third-order valence-electron chi connectivity index (χ3n) is 4.89. The van der Waals surface area contributed by atoms with Gasteiger partial charge in [0.2, 0.25) is 0 Å². The first-order valence-electron chi connectivity index (χ1n) is 8.15. The molecule has 1 aromatic heterocycles.